The molecule has 126 valence electrons. The van der Waals surface area contributed by atoms with Gasteiger partial charge in [-0.1, -0.05) is 5.21 Å². The van der Waals surface area contributed by atoms with Gasteiger partial charge in [-0.05, 0) is 0 Å². The Hall–Kier alpha value is -2.49. The highest BCUT2D eigenvalue weighted by atomic mass is 16.6. The molecule has 0 aromatic carbocycles. The normalized spacial score (nSPS) is 28.8. The van der Waals surface area contributed by atoms with Gasteiger partial charge >= 0.3 is 17.9 Å². The number of aromatic nitrogens is 3. The number of ether oxygens (including phenoxy) is 4. The zero-order chi connectivity index (χ0) is 19.1. The van der Waals surface area contributed by atoms with Crippen molar-refractivity contribution in [1.29, 1.82) is 0 Å². The predicted molar refractivity (Wildman–Crippen MR) is 71.7 cm³/mol. The summed E-state index contributed by atoms with van der Waals surface area (Å²) in [7, 11) is 0. The van der Waals surface area contributed by atoms with E-state index in [1.807, 2.05) is 0 Å². The molecule has 1 unspecified atom stereocenters. The van der Waals surface area contributed by atoms with Crippen molar-refractivity contribution < 1.29 is 37.4 Å². The van der Waals surface area contributed by atoms with E-state index in [1.165, 1.54) is 17.1 Å². The molecule has 2 rings (SSSR count). The van der Waals surface area contributed by atoms with Crippen LogP contribution in [0.25, 0.3) is 0 Å². The lowest BCUT2D eigenvalue weighted by atomic mass is 10.0. The highest BCUT2D eigenvalue weighted by molar-refractivity contribution is 5.68. The summed E-state index contributed by atoms with van der Waals surface area (Å²) in [6.45, 7) is -2.30. The number of carbonyl (C=O) groups excluding carboxylic acids is 3. The van der Waals surface area contributed by atoms with E-state index in [2.05, 4.69) is 10.3 Å². The van der Waals surface area contributed by atoms with Gasteiger partial charge in [-0.15, -0.1) is 5.10 Å². The van der Waals surface area contributed by atoms with Crippen LogP contribution in [0.5, 0.6) is 0 Å². The van der Waals surface area contributed by atoms with Crippen LogP contribution in [-0.2, 0) is 33.3 Å². The molecule has 10 nitrogen and oxygen atoms in total. The number of nitrogens with zero attached hydrogens (tertiary/aromatic N) is 3. The molecule has 1 fully saturated rings. The highest BCUT2D eigenvalue weighted by Crippen LogP contribution is 2.30. The summed E-state index contributed by atoms with van der Waals surface area (Å²) < 4.78 is 43.3. The van der Waals surface area contributed by atoms with Gasteiger partial charge in [0.1, 0.15) is 0 Å². The first kappa shape index (κ1) is 13.0. The molecule has 0 N–H and O–H groups in total. The zero-order valence-corrected chi connectivity index (χ0v) is 12.0. The molecule has 1 aromatic rings. The maximum Gasteiger partial charge on any atom is 0.303 e. The summed E-state index contributed by atoms with van der Waals surface area (Å²) in [6.07, 6.45) is -2.05. The molecule has 0 saturated carbocycles. The molecule has 10 heteroatoms. The second-order valence-corrected chi connectivity index (χ2v) is 4.54. The van der Waals surface area contributed by atoms with Gasteiger partial charge in [0, 0.05) is 31.0 Å². The molecule has 0 amide bonds. The van der Waals surface area contributed by atoms with E-state index < -0.39 is 63.1 Å². The predicted octanol–water partition coefficient (Wildman–Crippen LogP) is -0.398. The van der Waals surface area contributed by atoms with Gasteiger partial charge in [0.15, 0.2) is 24.5 Å². The molecule has 0 bridgehead atoms. The third kappa shape index (κ3) is 4.25. The van der Waals surface area contributed by atoms with Gasteiger partial charge in [0.2, 0.25) is 0 Å². The van der Waals surface area contributed by atoms with Crippen molar-refractivity contribution in [3.63, 3.8) is 0 Å². The van der Waals surface area contributed by atoms with Gasteiger partial charge in [0.25, 0.3) is 0 Å². The van der Waals surface area contributed by atoms with Crippen molar-refractivity contribution in [2.75, 3.05) is 6.61 Å². The summed E-state index contributed by atoms with van der Waals surface area (Å²) in [5, 5.41) is 7.37. The lowest BCUT2D eigenvalue weighted by molar-refractivity contribution is -0.241. The Bertz CT molecular complexity index is 631. The number of carbonyl (C=O) groups is 3. The Morgan fingerprint density at radius 2 is 1.78 bits per heavy atom. The first-order chi connectivity index (χ1) is 12.5. The summed E-state index contributed by atoms with van der Waals surface area (Å²) in [4.78, 5) is 34.8. The Morgan fingerprint density at radius 1 is 1.13 bits per heavy atom. The molecule has 4 atom stereocenters. The second kappa shape index (κ2) is 7.18. The van der Waals surface area contributed by atoms with E-state index in [0.29, 0.717) is 0 Å². The van der Waals surface area contributed by atoms with Crippen LogP contribution in [0.3, 0.4) is 0 Å². The quantitative estimate of drug-likeness (QED) is 0.536. The Balaban J connectivity index is 2.32. The molecule has 0 spiro atoms. The molecule has 0 aliphatic carbocycles. The Labute approximate surface area is 135 Å². The summed E-state index contributed by atoms with van der Waals surface area (Å²) in [5.41, 5.74) is 0. The lowest BCUT2D eigenvalue weighted by Crippen LogP contribution is -2.55. The second-order valence-electron chi connectivity index (χ2n) is 4.54. The van der Waals surface area contributed by atoms with Crippen LogP contribution in [0.15, 0.2) is 12.4 Å². The molecule has 0 radical (unpaired) electrons. The first-order valence-electron chi connectivity index (χ1n) is 8.55. The Morgan fingerprint density at radius 3 is 2.39 bits per heavy atom. The van der Waals surface area contributed by atoms with Gasteiger partial charge in [0.05, 0.1) is 12.8 Å². The molecule has 1 saturated heterocycles. The third-order valence-corrected chi connectivity index (χ3v) is 2.92. The van der Waals surface area contributed by atoms with Crippen molar-refractivity contribution in [1.82, 2.24) is 15.0 Å². The van der Waals surface area contributed by atoms with Crippen LogP contribution < -0.4 is 0 Å². The molecule has 1 aliphatic heterocycles. The number of hydrogen-bond donors (Lipinski definition) is 0. The molecule has 23 heavy (non-hydrogen) atoms. The number of hydrogen-bond acceptors (Lipinski definition) is 9. The highest BCUT2D eigenvalue weighted by Gasteiger charge is 2.47. The minimum Gasteiger partial charge on any atom is -0.456 e. The standard InChI is InChI=1S/C13H17N3O7/c1-7(17)21-10-6-20-13(16-5-4-14-15-16)12(23-9(3)19)11(10)22-8(2)18/h4-5,10-13H,6H2,1-3H3/t10-,11+,12-,13?/m1/s1/i1D,2D,3D. The van der Waals surface area contributed by atoms with E-state index in [-0.39, 0.29) is 6.61 Å². The van der Waals surface area contributed by atoms with Crippen LogP contribution in [-0.4, -0.2) is 57.8 Å². The fourth-order valence-electron chi connectivity index (χ4n) is 2.18. The fraction of sp³-hybridized carbons (Fsp3) is 0.615. The fourth-order valence-corrected chi connectivity index (χ4v) is 2.18. The molecular formula is C13H17N3O7. The third-order valence-electron chi connectivity index (χ3n) is 2.92. The van der Waals surface area contributed by atoms with Crippen molar-refractivity contribution in [3.8, 4) is 0 Å². The van der Waals surface area contributed by atoms with Crippen molar-refractivity contribution >= 4 is 17.9 Å². The minimum absolute atomic E-state index is 0.235. The van der Waals surface area contributed by atoms with Crippen LogP contribution >= 0.6 is 0 Å². The zero-order valence-electron chi connectivity index (χ0n) is 15.0. The summed E-state index contributed by atoms with van der Waals surface area (Å²) >= 11 is 0. The average Bonchev–Trinajstić information content (AvgIpc) is 3.18. The van der Waals surface area contributed by atoms with Crippen molar-refractivity contribution in [2.45, 2.75) is 45.2 Å². The Kier molecular flexibility index (Phi) is 4.06. The molecule has 2 heterocycles. The van der Waals surface area contributed by atoms with Gasteiger partial charge in [-0.3, -0.25) is 14.4 Å². The van der Waals surface area contributed by atoms with Crippen LogP contribution in [0.1, 0.15) is 31.0 Å². The molecule has 1 aromatic heterocycles. The van der Waals surface area contributed by atoms with E-state index in [9.17, 15) is 14.4 Å². The van der Waals surface area contributed by atoms with Gasteiger partial charge < -0.3 is 18.9 Å². The molecular weight excluding hydrogens is 310 g/mol. The van der Waals surface area contributed by atoms with Crippen molar-refractivity contribution in [2.24, 2.45) is 0 Å². The van der Waals surface area contributed by atoms with Crippen LogP contribution in [0.4, 0.5) is 0 Å². The topological polar surface area (TPSA) is 119 Å². The minimum atomic E-state index is -1.30. The van der Waals surface area contributed by atoms with Crippen molar-refractivity contribution in [3.05, 3.63) is 12.4 Å². The smallest absolute Gasteiger partial charge is 0.303 e. The first-order valence-corrected chi connectivity index (χ1v) is 6.43. The van der Waals surface area contributed by atoms with Gasteiger partial charge in [-0.2, -0.15) is 0 Å². The summed E-state index contributed by atoms with van der Waals surface area (Å²) in [6, 6.07) is 0. The molecule has 1 aliphatic rings. The van der Waals surface area contributed by atoms with E-state index in [1.54, 1.807) is 0 Å². The number of rotatable bonds is 4. The lowest BCUT2D eigenvalue weighted by Gasteiger charge is -2.40. The number of esters is 3. The monoisotopic (exact) mass is 330 g/mol. The average molecular weight is 330 g/mol. The largest absolute Gasteiger partial charge is 0.456 e. The van der Waals surface area contributed by atoms with E-state index in [4.69, 9.17) is 23.1 Å². The maximum atomic E-state index is 11.7. The van der Waals surface area contributed by atoms with E-state index in [0.717, 1.165) is 0 Å². The van der Waals surface area contributed by atoms with Crippen LogP contribution in [0, 0.1) is 0 Å². The van der Waals surface area contributed by atoms with Gasteiger partial charge in [-0.25, -0.2) is 4.68 Å². The maximum absolute atomic E-state index is 11.7. The SMILES string of the molecule is [2H]CC(=O)O[C@H]1[C@H](OC(=O)C[2H])COC(n2ccnn2)[C@@H]1OC(=O)C[2H]. The van der Waals surface area contributed by atoms with Crippen LogP contribution in [0.2, 0.25) is 0 Å². The summed E-state index contributed by atoms with van der Waals surface area (Å²) in [5.74, 6) is -2.76. The van der Waals surface area contributed by atoms with E-state index >= 15 is 0 Å².